The average molecular weight is 316 g/mol. The van der Waals surface area contributed by atoms with Crippen LogP contribution in [0.3, 0.4) is 0 Å². The van der Waals surface area contributed by atoms with Crippen LogP contribution in [0.25, 0.3) is 0 Å². The number of amides is 1. The summed E-state index contributed by atoms with van der Waals surface area (Å²) < 4.78 is 24.0. The van der Waals surface area contributed by atoms with Crippen molar-refractivity contribution in [3.05, 3.63) is 59.4 Å². The van der Waals surface area contributed by atoms with Gasteiger partial charge in [-0.15, -0.1) is 0 Å². The van der Waals surface area contributed by atoms with Crippen LogP contribution >= 0.6 is 0 Å². The van der Waals surface area contributed by atoms with Gasteiger partial charge in [0, 0.05) is 5.56 Å². The van der Waals surface area contributed by atoms with Crippen molar-refractivity contribution in [3.63, 3.8) is 0 Å². The van der Waals surface area contributed by atoms with Crippen LogP contribution in [0.4, 0.5) is 4.39 Å². The first-order chi connectivity index (χ1) is 11.1. The summed E-state index contributed by atoms with van der Waals surface area (Å²) in [7, 11) is 3.09. The van der Waals surface area contributed by atoms with Crippen LogP contribution in [0.5, 0.6) is 11.5 Å². The summed E-state index contributed by atoms with van der Waals surface area (Å²) in [6, 6.07) is 11.0. The molecule has 0 fully saturated rings. The summed E-state index contributed by atoms with van der Waals surface area (Å²) in [4.78, 5) is 12.0. The van der Waals surface area contributed by atoms with Crippen LogP contribution in [0.1, 0.15) is 22.8 Å². The Morgan fingerprint density at radius 2 is 1.83 bits per heavy atom. The fourth-order valence-corrected chi connectivity index (χ4v) is 2.00. The zero-order valence-electron chi connectivity index (χ0n) is 13.1. The van der Waals surface area contributed by atoms with Gasteiger partial charge in [-0.2, -0.15) is 5.10 Å². The van der Waals surface area contributed by atoms with E-state index in [-0.39, 0.29) is 5.56 Å². The minimum Gasteiger partial charge on any atom is -0.497 e. The number of ether oxygens (including phenoxy) is 2. The molecule has 0 saturated carbocycles. The molecule has 0 aromatic heterocycles. The first-order valence-electron chi connectivity index (χ1n) is 6.88. The fourth-order valence-electron chi connectivity index (χ4n) is 2.00. The van der Waals surface area contributed by atoms with Gasteiger partial charge in [0.15, 0.2) is 0 Å². The van der Waals surface area contributed by atoms with E-state index in [4.69, 9.17) is 9.47 Å². The van der Waals surface area contributed by atoms with E-state index in [2.05, 4.69) is 10.5 Å². The fraction of sp³-hybridized carbons (Fsp3) is 0.176. The Labute approximate surface area is 133 Å². The van der Waals surface area contributed by atoms with E-state index in [0.717, 1.165) is 0 Å². The number of benzene rings is 2. The van der Waals surface area contributed by atoms with Gasteiger partial charge >= 0.3 is 0 Å². The first kappa shape index (κ1) is 16.5. The third-order valence-electron chi connectivity index (χ3n) is 3.24. The molecule has 120 valence electrons. The Hall–Kier alpha value is -2.89. The highest BCUT2D eigenvalue weighted by Crippen LogP contribution is 2.24. The monoisotopic (exact) mass is 316 g/mol. The smallest absolute Gasteiger partial charge is 0.274 e. The molecule has 0 bridgehead atoms. The van der Waals surface area contributed by atoms with Crippen LogP contribution in [0.15, 0.2) is 47.6 Å². The first-order valence-corrected chi connectivity index (χ1v) is 6.88. The number of rotatable bonds is 5. The number of carbonyl (C=O) groups is 1. The number of hydrogen-bond acceptors (Lipinski definition) is 4. The van der Waals surface area contributed by atoms with Crippen molar-refractivity contribution in [2.24, 2.45) is 5.10 Å². The van der Waals surface area contributed by atoms with Crippen LogP contribution < -0.4 is 14.9 Å². The predicted molar refractivity (Wildman–Crippen MR) is 85.6 cm³/mol. The molecular formula is C17H17FN2O3. The molecule has 0 saturated heterocycles. The maximum Gasteiger partial charge on any atom is 0.274 e. The molecule has 0 heterocycles. The van der Waals surface area contributed by atoms with Gasteiger partial charge in [-0.1, -0.05) is 12.1 Å². The van der Waals surface area contributed by atoms with E-state index in [9.17, 15) is 9.18 Å². The Balaban J connectivity index is 2.23. The maximum atomic E-state index is 13.6. The van der Waals surface area contributed by atoms with Gasteiger partial charge in [0.2, 0.25) is 0 Å². The Bertz CT molecular complexity index is 744. The van der Waals surface area contributed by atoms with Crippen molar-refractivity contribution >= 4 is 11.6 Å². The molecule has 0 spiro atoms. The number of nitrogens with zero attached hydrogens (tertiary/aromatic N) is 1. The molecule has 23 heavy (non-hydrogen) atoms. The lowest BCUT2D eigenvalue weighted by Crippen LogP contribution is -2.20. The largest absolute Gasteiger partial charge is 0.497 e. The number of hydrogen-bond donors (Lipinski definition) is 1. The molecule has 1 N–H and O–H groups in total. The number of carbonyl (C=O) groups excluding carboxylic acids is 1. The molecule has 1 amide bonds. The summed E-state index contributed by atoms with van der Waals surface area (Å²) in [5.41, 5.74) is 3.44. The molecule has 0 aliphatic heterocycles. The van der Waals surface area contributed by atoms with Crippen LogP contribution in [-0.2, 0) is 0 Å². The summed E-state index contributed by atoms with van der Waals surface area (Å²) >= 11 is 0. The highest BCUT2D eigenvalue weighted by Gasteiger charge is 2.12. The molecule has 0 radical (unpaired) electrons. The van der Waals surface area contributed by atoms with Crippen molar-refractivity contribution in [2.45, 2.75) is 6.92 Å². The number of halogens is 1. The van der Waals surface area contributed by atoms with Crippen LogP contribution in [0, 0.1) is 5.82 Å². The maximum absolute atomic E-state index is 13.6. The molecule has 5 nitrogen and oxygen atoms in total. The number of hydrazone groups is 1. The predicted octanol–water partition coefficient (Wildman–Crippen LogP) is 3.00. The topological polar surface area (TPSA) is 59.9 Å². The molecule has 0 aliphatic rings. The zero-order chi connectivity index (χ0) is 16.8. The van der Waals surface area contributed by atoms with Gasteiger partial charge in [0.25, 0.3) is 5.91 Å². The molecule has 6 heteroatoms. The van der Waals surface area contributed by atoms with Crippen LogP contribution in [0.2, 0.25) is 0 Å². The second-order valence-corrected chi connectivity index (χ2v) is 4.68. The second kappa shape index (κ2) is 7.40. The zero-order valence-corrected chi connectivity index (χ0v) is 13.1. The molecule has 2 aromatic rings. The Kier molecular flexibility index (Phi) is 5.30. The van der Waals surface area contributed by atoms with Crippen LogP contribution in [-0.4, -0.2) is 25.8 Å². The lowest BCUT2D eigenvalue weighted by molar-refractivity contribution is 0.0951. The summed E-state index contributed by atoms with van der Waals surface area (Å²) in [5, 5.41) is 4.01. The van der Waals surface area contributed by atoms with Crippen molar-refractivity contribution in [1.29, 1.82) is 0 Å². The van der Waals surface area contributed by atoms with Crippen molar-refractivity contribution in [2.75, 3.05) is 14.2 Å². The highest BCUT2D eigenvalue weighted by molar-refractivity contribution is 6.03. The van der Waals surface area contributed by atoms with E-state index in [1.807, 2.05) is 0 Å². The van der Waals surface area contributed by atoms with E-state index in [0.29, 0.717) is 22.8 Å². The van der Waals surface area contributed by atoms with Gasteiger partial charge in [0.1, 0.15) is 17.3 Å². The van der Waals surface area contributed by atoms with Gasteiger partial charge in [-0.25, -0.2) is 9.82 Å². The number of nitrogens with one attached hydrogen (secondary N) is 1. The number of methoxy groups -OCH3 is 2. The summed E-state index contributed by atoms with van der Waals surface area (Å²) in [6.07, 6.45) is 0. The van der Waals surface area contributed by atoms with Crippen molar-refractivity contribution in [1.82, 2.24) is 5.43 Å². The summed E-state index contributed by atoms with van der Waals surface area (Å²) in [5.74, 6) is 0.00379. The molecule has 2 rings (SSSR count). The average Bonchev–Trinajstić information content (AvgIpc) is 2.59. The standard InChI is InChI=1S/C17H17FN2O3/c1-11(14-10-12(22-2)8-9-16(14)23-3)19-20-17(21)13-6-4-5-7-15(13)18/h4-10H,1-3H3,(H,20,21)/b19-11-. The van der Waals surface area contributed by atoms with E-state index < -0.39 is 11.7 Å². The SMILES string of the molecule is COc1ccc(OC)c(/C(C)=N\NC(=O)c2ccccc2F)c1. The lowest BCUT2D eigenvalue weighted by Gasteiger charge is -2.10. The molecule has 0 unspecified atom stereocenters. The quantitative estimate of drug-likeness (QED) is 0.681. The van der Waals surface area contributed by atoms with Crippen molar-refractivity contribution < 1.29 is 18.7 Å². The molecule has 0 aliphatic carbocycles. The van der Waals surface area contributed by atoms with Crippen molar-refractivity contribution in [3.8, 4) is 11.5 Å². The van der Waals surface area contributed by atoms with Gasteiger partial charge < -0.3 is 9.47 Å². The highest BCUT2D eigenvalue weighted by atomic mass is 19.1. The van der Waals surface area contributed by atoms with E-state index >= 15 is 0 Å². The second-order valence-electron chi connectivity index (χ2n) is 4.68. The molecule has 2 aromatic carbocycles. The van der Waals surface area contributed by atoms with E-state index in [1.165, 1.54) is 25.3 Å². The minimum absolute atomic E-state index is 0.0679. The Morgan fingerprint density at radius 1 is 1.09 bits per heavy atom. The Morgan fingerprint density at radius 3 is 2.48 bits per heavy atom. The lowest BCUT2D eigenvalue weighted by atomic mass is 10.1. The molecular weight excluding hydrogens is 299 g/mol. The minimum atomic E-state index is -0.621. The molecule has 0 atom stereocenters. The normalized spacial score (nSPS) is 11.0. The van der Waals surface area contributed by atoms with Gasteiger partial charge in [-0.05, 0) is 37.3 Å². The van der Waals surface area contributed by atoms with Gasteiger partial charge in [-0.3, -0.25) is 4.79 Å². The van der Waals surface area contributed by atoms with Gasteiger partial charge in [0.05, 0.1) is 25.5 Å². The van der Waals surface area contributed by atoms with E-state index in [1.54, 1.807) is 38.3 Å². The third-order valence-corrected chi connectivity index (χ3v) is 3.24. The third kappa shape index (κ3) is 3.85. The summed E-state index contributed by atoms with van der Waals surface area (Å²) in [6.45, 7) is 1.71.